The number of phenolic OH excluding ortho intramolecular Hbond substituents is 1. The van der Waals surface area contributed by atoms with Gasteiger partial charge in [0.25, 0.3) is 0 Å². The van der Waals surface area contributed by atoms with Gasteiger partial charge in [-0.05, 0) is 36.8 Å². The zero-order valence-electron chi connectivity index (χ0n) is 17.2. The number of aromatic hydroxyl groups is 1. The third-order valence-corrected chi connectivity index (χ3v) is 6.77. The van der Waals surface area contributed by atoms with Gasteiger partial charge >= 0.3 is 0 Å². The number of amides is 1. The van der Waals surface area contributed by atoms with Crippen molar-refractivity contribution in [1.29, 1.82) is 5.26 Å². The summed E-state index contributed by atoms with van der Waals surface area (Å²) in [6.45, 7) is 2.42. The van der Waals surface area contributed by atoms with E-state index >= 15 is 0 Å². The fraction of sp³-hybridized carbons (Fsp3) is 0.304. The minimum Gasteiger partial charge on any atom is -0.504 e. The Labute approximate surface area is 184 Å². The lowest BCUT2D eigenvalue weighted by Gasteiger charge is -2.38. The predicted octanol–water partition coefficient (Wildman–Crippen LogP) is 3.44. The third kappa shape index (κ3) is 3.50. The molecule has 0 aromatic heterocycles. The zero-order valence-corrected chi connectivity index (χ0v) is 18.0. The number of hydrogen-bond donors (Lipinski definition) is 2. The molecule has 4 rings (SSSR count). The molecule has 2 heterocycles. The maximum absolute atomic E-state index is 13.2. The molecule has 0 saturated carbocycles. The van der Waals surface area contributed by atoms with E-state index in [9.17, 15) is 20.3 Å². The van der Waals surface area contributed by atoms with Gasteiger partial charge < -0.3 is 19.7 Å². The van der Waals surface area contributed by atoms with Crippen LogP contribution in [0.2, 0.25) is 0 Å². The highest BCUT2D eigenvalue weighted by molar-refractivity contribution is 8.03. The molecule has 2 aromatic rings. The number of hydrogen-bond acceptors (Lipinski definition) is 7. The minimum absolute atomic E-state index is 0.0127. The van der Waals surface area contributed by atoms with E-state index in [-0.39, 0.29) is 29.6 Å². The Morgan fingerprint density at radius 2 is 2.03 bits per heavy atom. The number of phenols is 1. The lowest BCUT2D eigenvalue weighted by molar-refractivity contribution is -0.149. The average Bonchev–Trinajstić information content (AvgIpc) is 3.14. The van der Waals surface area contributed by atoms with Crippen LogP contribution in [0.1, 0.15) is 30.4 Å². The van der Waals surface area contributed by atoms with Crippen molar-refractivity contribution >= 4 is 17.7 Å². The largest absolute Gasteiger partial charge is 0.504 e. The molecule has 0 bridgehead atoms. The number of nitrogens with zero attached hydrogens (tertiary/aromatic N) is 2. The van der Waals surface area contributed by atoms with Crippen molar-refractivity contribution in [3.8, 4) is 23.3 Å². The molecule has 31 heavy (non-hydrogen) atoms. The summed E-state index contributed by atoms with van der Waals surface area (Å²) in [6, 6.07) is 14.0. The van der Waals surface area contributed by atoms with Gasteiger partial charge in [0.2, 0.25) is 5.91 Å². The smallest absolute Gasteiger partial charge is 0.231 e. The van der Waals surface area contributed by atoms with E-state index < -0.39 is 11.6 Å². The summed E-state index contributed by atoms with van der Waals surface area (Å²) in [5.74, 6) is 0.417. The van der Waals surface area contributed by atoms with Crippen molar-refractivity contribution in [3.63, 3.8) is 0 Å². The first-order chi connectivity index (χ1) is 14.9. The quantitative estimate of drug-likeness (QED) is 0.737. The number of rotatable bonds is 5. The maximum Gasteiger partial charge on any atom is 0.231 e. The fourth-order valence-electron chi connectivity index (χ4n) is 4.02. The lowest BCUT2D eigenvalue weighted by atomic mass is 9.85. The predicted molar refractivity (Wildman–Crippen MR) is 115 cm³/mol. The van der Waals surface area contributed by atoms with Crippen LogP contribution >= 0.6 is 11.8 Å². The summed E-state index contributed by atoms with van der Waals surface area (Å²) in [5.41, 5.74) is 0.138. The van der Waals surface area contributed by atoms with Crippen LogP contribution in [-0.2, 0) is 10.5 Å². The molecule has 2 aliphatic heterocycles. The van der Waals surface area contributed by atoms with Crippen molar-refractivity contribution in [3.05, 3.63) is 64.2 Å². The zero-order chi connectivity index (χ0) is 22.2. The summed E-state index contributed by atoms with van der Waals surface area (Å²) < 4.78 is 10.6. The first kappa shape index (κ1) is 21.1. The third-order valence-electron chi connectivity index (χ3n) is 5.54. The Kier molecular flexibility index (Phi) is 5.56. The number of benzene rings is 2. The van der Waals surface area contributed by atoms with Gasteiger partial charge in [0, 0.05) is 17.9 Å². The van der Waals surface area contributed by atoms with Crippen molar-refractivity contribution in [2.75, 3.05) is 19.5 Å². The number of thioether (sulfide) groups is 1. The molecule has 8 heteroatoms. The molecule has 2 aliphatic rings. The highest BCUT2D eigenvalue weighted by atomic mass is 32.2. The minimum atomic E-state index is -1.54. The van der Waals surface area contributed by atoms with Crippen molar-refractivity contribution in [1.82, 2.24) is 4.90 Å². The van der Waals surface area contributed by atoms with E-state index in [0.717, 1.165) is 0 Å². The topological polar surface area (TPSA) is 103 Å². The molecule has 1 amide bonds. The van der Waals surface area contributed by atoms with Crippen molar-refractivity contribution in [2.24, 2.45) is 0 Å². The second-order valence-corrected chi connectivity index (χ2v) is 8.27. The molecular formula is C23H22N2O5S. The molecular weight excluding hydrogens is 416 g/mol. The molecule has 7 nitrogen and oxygen atoms in total. The standard InChI is InChI=1S/C23H22N2O5S/c1-3-30-16-7-5-15(6-8-16)23(28)13-31-22-18(12-24)17(11-21(27)25(22)23)14-4-9-19(26)20(10-14)29-2/h4-10,17,26,28H,3,11,13H2,1-2H3/t17-,23-/m0/s1. The molecule has 2 atom stereocenters. The van der Waals surface area contributed by atoms with E-state index in [1.807, 2.05) is 6.92 Å². The van der Waals surface area contributed by atoms with Gasteiger partial charge in [-0.15, -0.1) is 11.8 Å². The van der Waals surface area contributed by atoms with Gasteiger partial charge in [-0.3, -0.25) is 9.69 Å². The number of carbonyl (C=O) groups is 1. The Hall–Kier alpha value is -3.15. The van der Waals surface area contributed by atoms with Gasteiger partial charge in [-0.25, -0.2) is 0 Å². The normalized spacial score (nSPS) is 22.8. The van der Waals surface area contributed by atoms with Gasteiger partial charge in [-0.2, -0.15) is 5.26 Å². The molecule has 1 saturated heterocycles. The number of fused-ring (bicyclic) bond motifs is 1. The Bertz CT molecular complexity index is 1090. The van der Waals surface area contributed by atoms with Gasteiger partial charge in [0.15, 0.2) is 17.2 Å². The maximum atomic E-state index is 13.2. The summed E-state index contributed by atoms with van der Waals surface area (Å²) >= 11 is 1.29. The van der Waals surface area contributed by atoms with Crippen molar-refractivity contribution in [2.45, 2.75) is 25.0 Å². The summed E-state index contributed by atoms with van der Waals surface area (Å²) in [4.78, 5) is 14.6. The molecule has 0 radical (unpaired) electrons. The number of carbonyl (C=O) groups excluding carboxylic acids is 1. The number of methoxy groups -OCH3 is 1. The monoisotopic (exact) mass is 438 g/mol. The van der Waals surface area contributed by atoms with Crippen LogP contribution in [0.4, 0.5) is 0 Å². The highest BCUT2D eigenvalue weighted by Gasteiger charge is 2.51. The van der Waals surface area contributed by atoms with Crippen molar-refractivity contribution < 1.29 is 24.5 Å². The van der Waals surface area contributed by atoms with Gasteiger partial charge in [0.1, 0.15) is 5.75 Å². The van der Waals surface area contributed by atoms with Crippen LogP contribution in [0.15, 0.2) is 53.1 Å². The van der Waals surface area contributed by atoms with E-state index in [0.29, 0.717) is 34.1 Å². The van der Waals surface area contributed by atoms with Crippen LogP contribution in [0.25, 0.3) is 0 Å². The average molecular weight is 439 g/mol. The second kappa shape index (κ2) is 8.17. The number of ether oxygens (including phenoxy) is 2. The summed E-state index contributed by atoms with van der Waals surface area (Å²) in [7, 11) is 1.44. The van der Waals surface area contributed by atoms with Crippen LogP contribution in [0.5, 0.6) is 17.2 Å². The molecule has 2 aromatic carbocycles. The van der Waals surface area contributed by atoms with E-state index in [2.05, 4.69) is 6.07 Å². The number of allylic oxidation sites excluding steroid dienone is 1. The number of aliphatic hydroxyl groups is 1. The first-order valence-corrected chi connectivity index (χ1v) is 10.8. The molecule has 0 aliphatic carbocycles. The SMILES string of the molecule is CCOc1ccc([C@@]2(O)CSC3=C(C#N)[C@H](c4ccc(O)c(OC)c4)CC(=O)N32)cc1. The molecule has 1 fully saturated rings. The molecule has 160 valence electrons. The Balaban J connectivity index is 1.74. The van der Waals surface area contributed by atoms with Crippen LogP contribution in [0, 0.1) is 11.3 Å². The molecule has 0 unspecified atom stereocenters. The van der Waals surface area contributed by atoms with E-state index in [1.165, 1.54) is 29.8 Å². The fourth-order valence-corrected chi connectivity index (χ4v) is 5.38. The Morgan fingerprint density at radius 3 is 2.68 bits per heavy atom. The molecule has 0 spiro atoms. The molecule has 2 N–H and O–H groups in total. The van der Waals surface area contributed by atoms with Crippen LogP contribution in [-0.4, -0.2) is 40.5 Å². The van der Waals surface area contributed by atoms with E-state index in [4.69, 9.17) is 9.47 Å². The first-order valence-electron chi connectivity index (χ1n) is 9.85. The Morgan fingerprint density at radius 1 is 1.29 bits per heavy atom. The second-order valence-electron chi connectivity index (χ2n) is 7.31. The summed E-state index contributed by atoms with van der Waals surface area (Å²) in [5, 5.41) is 31.8. The lowest BCUT2D eigenvalue weighted by Crippen LogP contribution is -2.48. The van der Waals surface area contributed by atoms with Gasteiger partial charge in [-0.1, -0.05) is 18.2 Å². The van der Waals surface area contributed by atoms with Gasteiger partial charge in [0.05, 0.1) is 36.1 Å². The summed E-state index contributed by atoms with van der Waals surface area (Å²) in [6.07, 6.45) is 0.0280. The highest BCUT2D eigenvalue weighted by Crippen LogP contribution is 2.52. The van der Waals surface area contributed by atoms with Crippen LogP contribution in [0.3, 0.4) is 0 Å². The van der Waals surface area contributed by atoms with Crippen LogP contribution < -0.4 is 9.47 Å². The van der Waals surface area contributed by atoms with E-state index in [1.54, 1.807) is 36.4 Å². The number of nitriles is 1.